The monoisotopic (exact) mass is 398 g/mol. The highest BCUT2D eigenvalue weighted by molar-refractivity contribution is 5.51. The average Bonchev–Trinajstić information content (AvgIpc) is 2.77. The highest BCUT2D eigenvalue weighted by Gasteiger charge is 2.31. The van der Waals surface area contributed by atoms with Crippen molar-refractivity contribution in [1.29, 1.82) is 0 Å². The average molecular weight is 399 g/mol. The van der Waals surface area contributed by atoms with Crippen LogP contribution in [0.3, 0.4) is 0 Å². The van der Waals surface area contributed by atoms with Crippen LogP contribution in [0.25, 0.3) is 0 Å². The Hall–Kier alpha value is -3.26. The fraction of sp³-hybridized carbons (Fsp3) is 0.214. The Labute approximate surface area is 180 Å². The van der Waals surface area contributed by atoms with E-state index in [0.29, 0.717) is 13.2 Å². The van der Waals surface area contributed by atoms with Crippen LogP contribution in [0.2, 0.25) is 0 Å². The van der Waals surface area contributed by atoms with Gasteiger partial charge in [0.25, 0.3) is 0 Å². The van der Waals surface area contributed by atoms with Crippen LogP contribution >= 0.6 is 0 Å². The maximum absolute atomic E-state index is 5.79. The summed E-state index contributed by atoms with van der Waals surface area (Å²) in [5.41, 5.74) is 5.33. The van der Waals surface area contributed by atoms with Crippen LogP contribution < -0.4 is 9.47 Å². The molecule has 0 aliphatic carbocycles. The predicted molar refractivity (Wildman–Crippen MR) is 126 cm³/mol. The van der Waals surface area contributed by atoms with Gasteiger partial charge < -0.3 is 9.47 Å². The third-order valence-corrected chi connectivity index (χ3v) is 5.18. The molecular formula is C28H30O2. The molecule has 30 heavy (non-hydrogen) atoms. The molecule has 3 aromatic carbocycles. The standard InChI is InChI=1S/C28H30O2/c1-21(2)19-29-26-15-11-24(12-16-26)28(5,23-9-7-6-8-10-23)25-13-17-27(18-14-25)30-20-22(3)4/h6-18H,1,3,19-20H2,2,4-5H3. The van der Waals surface area contributed by atoms with Crippen molar-refractivity contribution in [2.45, 2.75) is 26.2 Å². The minimum atomic E-state index is -0.305. The molecular weight excluding hydrogens is 368 g/mol. The van der Waals surface area contributed by atoms with Crippen LogP contribution in [-0.4, -0.2) is 13.2 Å². The number of benzene rings is 3. The molecule has 0 radical (unpaired) electrons. The predicted octanol–water partition coefficient (Wildman–Crippen LogP) is 6.95. The van der Waals surface area contributed by atoms with Crippen molar-refractivity contribution in [3.63, 3.8) is 0 Å². The molecule has 154 valence electrons. The van der Waals surface area contributed by atoms with Crippen molar-refractivity contribution in [1.82, 2.24) is 0 Å². The van der Waals surface area contributed by atoms with E-state index in [1.165, 1.54) is 16.7 Å². The molecule has 0 bridgehead atoms. The second-order valence-corrected chi connectivity index (χ2v) is 8.03. The van der Waals surface area contributed by atoms with Gasteiger partial charge in [0.05, 0.1) is 0 Å². The minimum absolute atomic E-state index is 0.305. The molecule has 0 spiro atoms. The molecule has 0 saturated carbocycles. The van der Waals surface area contributed by atoms with Crippen LogP contribution in [0.5, 0.6) is 11.5 Å². The molecule has 0 unspecified atom stereocenters. The fourth-order valence-corrected chi connectivity index (χ4v) is 3.45. The van der Waals surface area contributed by atoms with E-state index in [1.807, 2.05) is 44.2 Å². The van der Waals surface area contributed by atoms with E-state index in [1.54, 1.807) is 0 Å². The summed E-state index contributed by atoms with van der Waals surface area (Å²) in [7, 11) is 0. The number of ether oxygens (including phenoxy) is 2. The van der Waals surface area contributed by atoms with Crippen LogP contribution in [-0.2, 0) is 5.41 Å². The molecule has 0 aromatic heterocycles. The van der Waals surface area contributed by atoms with Gasteiger partial charge in [-0.2, -0.15) is 0 Å². The van der Waals surface area contributed by atoms with E-state index in [9.17, 15) is 0 Å². The zero-order chi connectivity index (χ0) is 21.6. The molecule has 2 nitrogen and oxygen atoms in total. The van der Waals surface area contributed by atoms with Gasteiger partial charge in [0, 0.05) is 5.41 Å². The summed E-state index contributed by atoms with van der Waals surface area (Å²) in [4.78, 5) is 0. The zero-order valence-electron chi connectivity index (χ0n) is 18.2. The van der Waals surface area contributed by atoms with Gasteiger partial charge in [0.15, 0.2) is 0 Å². The largest absolute Gasteiger partial charge is 0.489 e. The third-order valence-electron chi connectivity index (χ3n) is 5.18. The molecule has 0 N–H and O–H groups in total. The second-order valence-electron chi connectivity index (χ2n) is 8.03. The topological polar surface area (TPSA) is 18.5 Å². The minimum Gasteiger partial charge on any atom is -0.489 e. The van der Waals surface area contributed by atoms with E-state index in [2.05, 4.69) is 68.6 Å². The van der Waals surface area contributed by atoms with Crippen LogP contribution in [0, 0.1) is 0 Å². The van der Waals surface area contributed by atoms with Crippen LogP contribution in [0.4, 0.5) is 0 Å². The molecule has 2 heteroatoms. The van der Waals surface area contributed by atoms with Crippen molar-refractivity contribution in [3.8, 4) is 11.5 Å². The van der Waals surface area contributed by atoms with Crippen molar-refractivity contribution < 1.29 is 9.47 Å². The third kappa shape index (κ3) is 5.01. The molecule has 0 amide bonds. The maximum Gasteiger partial charge on any atom is 0.119 e. The highest BCUT2D eigenvalue weighted by Crippen LogP contribution is 2.39. The number of hydrogen-bond acceptors (Lipinski definition) is 2. The first-order chi connectivity index (χ1) is 14.4. The van der Waals surface area contributed by atoms with Gasteiger partial charge in [-0.3, -0.25) is 0 Å². The summed E-state index contributed by atoms with van der Waals surface area (Å²) in [6.45, 7) is 15.0. The van der Waals surface area contributed by atoms with Crippen molar-refractivity contribution in [2.24, 2.45) is 0 Å². The lowest BCUT2D eigenvalue weighted by Gasteiger charge is -2.32. The molecule has 3 aromatic rings. The first-order valence-electron chi connectivity index (χ1n) is 10.2. The second kappa shape index (κ2) is 9.49. The van der Waals surface area contributed by atoms with Crippen molar-refractivity contribution in [2.75, 3.05) is 13.2 Å². The lowest BCUT2D eigenvalue weighted by atomic mass is 9.71. The Bertz CT molecular complexity index is 922. The van der Waals surface area contributed by atoms with Gasteiger partial charge in [-0.15, -0.1) is 0 Å². The maximum atomic E-state index is 5.79. The summed E-state index contributed by atoms with van der Waals surface area (Å²) >= 11 is 0. The normalized spacial score (nSPS) is 11.0. The van der Waals surface area contributed by atoms with Crippen molar-refractivity contribution in [3.05, 3.63) is 120 Å². The van der Waals surface area contributed by atoms with Gasteiger partial charge in [0.1, 0.15) is 24.7 Å². The summed E-state index contributed by atoms with van der Waals surface area (Å²) in [6, 6.07) is 27.3. The van der Waals surface area contributed by atoms with Crippen molar-refractivity contribution >= 4 is 0 Å². The van der Waals surface area contributed by atoms with E-state index in [4.69, 9.17) is 9.47 Å². The summed E-state index contributed by atoms with van der Waals surface area (Å²) in [5, 5.41) is 0. The molecule has 0 aliphatic rings. The van der Waals surface area contributed by atoms with Gasteiger partial charge in [-0.05, 0) is 72.9 Å². The Balaban J connectivity index is 1.96. The fourth-order valence-electron chi connectivity index (χ4n) is 3.45. The van der Waals surface area contributed by atoms with Gasteiger partial charge in [0.2, 0.25) is 0 Å². The smallest absolute Gasteiger partial charge is 0.119 e. The quantitative estimate of drug-likeness (QED) is 0.287. The molecule has 0 heterocycles. The van der Waals surface area contributed by atoms with Gasteiger partial charge >= 0.3 is 0 Å². The van der Waals surface area contributed by atoms with E-state index in [-0.39, 0.29) is 5.41 Å². The Morgan fingerprint density at radius 3 is 1.37 bits per heavy atom. The number of hydrogen-bond donors (Lipinski definition) is 0. The summed E-state index contributed by atoms with van der Waals surface area (Å²) in [6.07, 6.45) is 0. The molecule has 0 fully saturated rings. The lowest BCUT2D eigenvalue weighted by Crippen LogP contribution is -2.25. The lowest BCUT2D eigenvalue weighted by molar-refractivity contribution is 0.352. The molecule has 3 rings (SSSR count). The SMILES string of the molecule is C=C(C)COc1ccc(C(C)(c2ccccc2)c2ccc(OCC(=C)C)cc2)cc1. The van der Waals surface area contributed by atoms with E-state index in [0.717, 1.165) is 22.6 Å². The highest BCUT2D eigenvalue weighted by atomic mass is 16.5. The van der Waals surface area contributed by atoms with E-state index < -0.39 is 0 Å². The summed E-state index contributed by atoms with van der Waals surface area (Å²) < 4.78 is 11.6. The van der Waals surface area contributed by atoms with E-state index >= 15 is 0 Å². The Morgan fingerprint density at radius 2 is 1.00 bits per heavy atom. The first-order valence-corrected chi connectivity index (χ1v) is 10.2. The van der Waals surface area contributed by atoms with Crippen LogP contribution in [0.1, 0.15) is 37.5 Å². The van der Waals surface area contributed by atoms with Gasteiger partial charge in [-0.25, -0.2) is 0 Å². The van der Waals surface area contributed by atoms with Gasteiger partial charge in [-0.1, -0.05) is 67.8 Å². The molecule has 0 saturated heterocycles. The Kier molecular flexibility index (Phi) is 6.79. The number of rotatable bonds is 9. The van der Waals surface area contributed by atoms with Crippen LogP contribution in [0.15, 0.2) is 103 Å². The molecule has 0 atom stereocenters. The Morgan fingerprint density at radius 1 is 0.633 bits per heavy atom. The zero-order valence-corrected chi connectivity index (χ0v) is 18.2. The molecule has 0 aliphatic heterocycles. The first kappa shape index (κ1) is 21.4. The summed E-state index contributed by atoms with van der Waals surface area (Å²) in [5.74, 6) is 1.70.